The number of hydrogen-bond acceptors (Lipinski definition) is 6. The molecule has 1 unspecified atom stereocenters. The summed E-state index contributed by atoms with van der Waals surface area (Å²) in [6, 6.07) is 3.59. The van der Waals surface area contributed by atoms with Crippen molar-refractivity contribution < 1.29 is 17.9 Å². The Morgan fingerprint density at radius 2 is 2.08 bits per heavy atom. The van der Waals surface area contributed by atoms with Gasteiger partial charge < -0.3 is 10.5 Å². The predicted molar refractivity (Wildman–Crippen MR) is 81.6 cm³/mol. The van der Waals surface area contributed by atoms with Crippen molar-refractivity contribution in [2.24, 2.45) is 0 Å². The fraction of sp³-hybridized carbons (Fsp3) is 0.357. The number of nitrogen functional groups attached to an aromatic ring is 1. The van der Waals surface area contributed by atoms with Gasteiger partial charge in [-0.05, 0) is 19.1 Å². The van der Waals surface area contributed by atoms with Gasteiger partial charge in [-0.2, -0.15) is 17.7 Å². The molecule has 7 nitrogen and oxygen atoms in total. The van der Waals surface area contributed by atoms with Crippen molar-refractivity contribution in [2.45, 2.75) is 25.7 Å². The zero-order valence-corrected chi connectivity index (χ0v) is 12.9. The maximum Gasteiger partial charge on any atom is 0.403 e. The summed E-state index contributed by atoms with van der Waals surface area (Å²) >= 11 is 0. The van der Waals surface area contributed by atoms with Gasteiger partial charge in [-0.3, -0.25) is 5.32 Å². The maximum atomic E-state index is 12.6. The third-order valence-corrected chi connectivity index (χ3v) is 3.61. The van der Waals surface area contributed by atoms with E-state index in [0.717, 1.165) is 6.92 Å². The molecule has 128 valence electrons. The Labute approximate surface area is 134 Å². The smallest absolute Gasteiger partial charge is 0.403 e. The number of nitrogens with two attached hydrogens (primary N) is 1. The lowest BCUT2D eigenvalue weighted by Crippen LogP contribution is -2.39. The van der Waals surface area contributed by atoms with Gasteiger partial charge in [0.05, 0.1) is 13.7 Å². The van der Waals surface area contributed by atoms with Crippen molar-refractivity contribution in [3.05, 3.63) is 24.0 Å². The number of benzene rings is 1. The van der Waals surface area contributed by atoms with Crippen molar-refractivity contribution in [3.8, 4) is 5.75 Å². The molecule has 0 fully saturated rings. The Hall–Kier alpha value is -2.62. The fourth-order valence-electron chi connectivity index (χ4n) is 2.27. The zero-order chi connectivity index (χ0) is 17.5. The van der Waals surface area contributed by atoms with Gasteiger partial charge in [0, 0.05) is 5.39 Å². The van der Waals surface area contributed by atoms with E-state index in [4.69, 9.17) is 10.5 Å². The highest BCUT2D eigenvalue weighted by molar-refractivity contribution is 5.95. The summed E-state index contributed by atoms with van der Waals surface area (Å²) in [6.45, 7) is 0.888. The molecule has 24 heavy (non-hydrogen) atoms. The number of nitrogens with one attached hydrogen (secondary N) is 1. The van der Waals surface area contributed by atoms with Crippen molar-refractivity contribution in [2.75, 3.05) is 12.8 Å². The van der Waals surface area contributed by atoms with Crippen LogP contribution in [0.2, 0.25) is 0 Å². The molecule has 0 aliphatic carbocycles. The summed E-state index contributed by atoms with van der Waals surface area (Å²) in [5.74, 6) is 0.787. The van der Waals surface area contributed by atoms with Crippen LogP contribution in [0, 0.1) is 0 Å². The van der Waals surface area contributed by atoms with Crippen molar-refractivity contribution in [1.82, 2.24) is 24.9 Å². The monoisotopic (exact) mass is 340 g/mol. The van der Waals surface area contributed by atoms with Crippen LogP contribution in [0.3, 0.4) is 0 Å². The molecule has 0 spiro atoms. The average Bonchev–Trinajstić information content (AvgIpc) is 2.96. The third-order valence-electron chi connectivity index (χ3n) is 3.61. The van der Waals surface area contributed by atoms with E-state index in [2.05, 4.69) is 20.4 Å². The number of para-hydroxylation sites is 1. The third kappa shape index (κ3) is 2.80. The van der Waals surface area contributed by atoms with Crippen LogP contribution >= 0.6 is 0 Å². The number of ether oxygens (including phenoxy) is 1. The molecule has 3 rings (SSSR count). The number of rotatable bonds is 4. The molecule has 3 N–H and O–H groups in total. The van der Waals surface area contributed by atoms with Crippen LogP contribution in [0.1, 0.15) is 12.7 Å². The van der Waals surface area contributed by atoms with E-state index in [9.17, 15) is 13.2 Å². The first-order valence-corrected chi connectivity index (χ1v) is 7.09. The maximum absolute atomic E-state index is 12.6. The molecule has 0 saturated carbocycles. The average molecular weight is 340 g/mol. The Morgan fingerprint density at radius 3 is 2.75 bits per heavy atom. The normalized spacial score (nSPS) is 13.5. The largest absolute Gasteiger partial charge is 0.494 e. The number of halogens is 3. The van der Waals surface area contributed by atoms with Gasteiger partial charge in [0.15, 0.2) is 11.5 Å². The number of aromatic nitrogens is 4. The topological polar surface area (TPSA) is 90.4 Å². The second-order valence-corrected chi connectivity index (χ2v) is 5.23. The molecule has 2 heterocycles. The summed E-state index contributed by atoms with van der Waals surface area (Å²) in [5.41, 5.74) is 6.80. The lowest BCUT2D eigenvalue weighted by molar-refractivity contribution is -0.151. The minimum Gasteiger partial charge on any atom is -0.494 e. The number of nitrogens with zero attached hydrogens (tertiary/aromatic N) is 4. The standard InChI is InChI=1S/C14H15F3N6O/c1-7(14(15,16)17)19-6-10-20-12-8-4-3-5-9(24-2)11(8)21-13(18)23(12)22-10/h3-5,7,19H,6H2,1-2H3,(H2,18,21). The van der Waals surface area contributed by atoms with E-state index < -0.39 is 12.2 Å². The SMILES string of the molecule is COc1cccc2c1nc(N)n1nc(CNC(C)C(F)(F)F)nc21. The van der Waals surface area contributed by atoms with E-state index in [-0.39, 0.29) is 18.3 Å². The van der Waals surface area contributed by atoms with Gasteiger partial charge in [-0.25, -0.2) is 9.97 Å². The number of anilines is 1. The Bertz CT molecular complexity index is 891. The molecule has 0 aliphatic rings. The Kier molecular flexibility index (Phi) is 3.91. The Balaban J connectivity index is 2.02. The van der Waals surface area contributed by atoms with Gasteiger partial charge in [0.1, 0.15) is 17.3 Å². The Morgan fingerprint density at radius 1 is 1.33 bits per heavy atom. The second kappa shape index (κ2) is 5.78. The first-order valence-electron chi connectivity index (χ1n) is 7.09. The summed E-state index contributed by atoms with van der Waals surface area (Å²) in [7, 11) is 1.51. The molecule has 3 aromatic rings. The van der Waals surface area contributed by atoms with Crippen molar-refractivity contribution >= 4 is 22.5 Å². The summed E-state index contributed by atoms with van der Waals surface area (Å²) < 4.78 is 44.2. The van der Waals surface area contributed by atoms with Crippen LogP contribution in [0.4, 0.5) is 19.1 Å². The summed E-state index contributed by atoms with van der Waals surface area (Å²) in [6.07, 6.45) is -4.33. The van der Waals surface area contributed by atoms with Gasteiger partial charge in [0.2, 0.25) is 5.95 Å². The molecule has 0 radical (unpaired) electrons. The minimum absolute atomic E-state index is 0.0737. The van der Waals surface area contributed by atoms with E-state index in [1.165, 1.54) is 11.6 Å². The zero-order valence-electron chi connectivity index (χ0n) is 12.9. The van der Waals surface area contributed by atoms with Gasteiger partial charge in [-0.15, -0.1) is 5.10 Å². The van der Waals surface area contributed by atoms with Crippen LogP contribution < -0.4 is 15.8 Å². The predicted octanol–water partition coefficient (Wildman–Crippen LogP) is 1.91. The molecular weight excluding hydrogens is 325 g/mol. The lowest BCUT2D eigenvalue weighted by Gasteiger charge is -2.15. The van der Waals surface area contributed by atoms with E-state index >= 15 is 0 Å². The van der Waals surface area contributed by atoms with Crippen LogP contribution in [-0.2, 0) is 6.54 Å². The fourth-order valence-corrected chi connectivity index (χ4v) is 2.27. The highest BCUT2D eigenvalue weighted by atomic mass is 19.4. The van der Waals surface area contributed by atoms with Gasteiger partial charge in [-0.1, -0.05) is 6.07 Å². The molecule has 0 saturated heterocycles. The molecular formula is C14H15F3N6O. The van der Waals surface area contributed by atoms with Crippen LogP contribution in [0.25, 0.3) is 16.6 Å². The van der Waals surface area contributed by atoms with Crippen LogP contribution in [-0.4, -0.2) is 38.9 Å². The first kappa shape index (κ1) is 16.2. The van der Waals surface area contributed by atoms with E-state index in [0.29, 0.717) is 22.3 Å². The number of fused-ring (bicyclic) bond motifs is 3. The van der Waals surface area contributed by atoms with E-state index in [1.807, 2.05) is 0 Å². The highest BCUT2D eigenvalue weighted by Crippen LogP contribution is 2.27. The number of hydrogen-bond donors (Lipinski definition) is 2. The quantitative estimate of drug-likeness (QED) is 0.754. The van der Waals surface area contributed by atoms with Crippen LogP contribution in [0.5, 0.6) is 5.75 Å². The van der Waals surface area contributed by atoms with Crippen molar-refractivity contribution in [1.29, 1.82) is 0 Å². The molecule has 2 aromatic heterocycles. The molecule has 0 amide bonds. The molecule has 1 aromatic carbocycles. The van der Waals surface area contributed by atoms with Crippen molar-refractivity contribution in [3.63, 3.8) is 0 Å². The van der Waals surface area contributed by atoms with Gasteiger partial charge in [0.25, 0.3) is 0 Å². The molecule has 0 aliphatic heterocycles. The van der Waals surface area contributed by atoms with Gasteiger partial charge >= 0.3 is 6.18 Å². The molecule has 1 atom stereocenters. The summed E-state index contributed by atoms with van der Waals surface area (Å²) in [5, 5.41) is 7.10. The summed E-state index contributed by atoms with van der Waals surface area (Å²) in [4.78, 5) is 8.51. The number of alkyl halides is 3. The second-order valence-electron chi connectivity index (χ2n) is 5.23. The minimum atomic E-state index is -4.33. The highest BCUT2D eigenvalue weighted by Gasteiger charge is 2.35. The van der Waals surface area contributed by atoms with E-state index in [1.54, 1.807) is 18.2 Å². The van der Waals surface area contributed by atoms with Crippen LogP contribution in [0.15, 0.2) is 18.2 Å². The number of methoxy groups -OCH3 is 1. The first-order chi connectivity index (χ1) is 11.3. The lowest BCUT2D eigenvalue weighted by atomic mass is 10.2. The molecule has 0 bridgehead atoms. The molecule has 10 heteroatoms.